The summed E-state index contributed by atoms with van der Waals surface area (Å²) in [5, 5.41) is 15.5. The van der Waals surface area contributed by atoms with Crippen molar-refractivity contribution in [3.8, 4) is 5.75 Å². The van der Waals surface area contributed by atoms with Crippen LogP contribution >= 0.6 is 23.2 Å². The van der Waals surface area contributed by atoms with Crippen molar-refractivity contribution in [2.75, 3.05) is 0 Å². The highest BCUT2D eigenvalue weighted by molar-refractivity contribution is 6.35. The molecule has 4 nitrogen and oxygen atoms in total. The zero-order valence-electron chi connectivity index (χ0n) is 5.66. The van der Waals surface area contributed by atoms with E-state index in [9.17, 15) is 0 Å². The zero-order chi connectivity index (χ0) is 8.97. The Bertz CT molecular complexity index is 266. The third kappa shape index (κ3) is 2.51. The van der Waals surface area contributed by atoms with Crippen molar-refractivity contribution in [3.63, 3.8) is 0 Å². The topological polar surface area (TPSA) is 47.9 Å². The average molecular weight is 211 g/mol. The van der Waals surface area contributed by atoms with Crippen LogP contribution in [0.25, 0.3) is 0 Å². The van der Waals surface area contributed by atoms with Gasteiger partial charge in [0.1, 0.15) is 0 Å². The minimum absolute atomic E-state index is 0.190. The van der Waals surface area contributed by atoms with E-state index in [4.69, 9.17) is 28.5 Å². The van der Waals surface area contributed by atoms with Gasteiger partial charge in [0.05, 0.1) is 5.02 Å². The molecule has 0 aromatic heterocycles. The maximum atomic E-state index is 7.76. The first kappa shape index (κ1) is 9.57. The van der Waals surface area contributed by atoms with Crippen LogP contribution in [0.15, 0.2) is 18.2 Å². The van der Waals surface area contributed by atoms with Crippen LogP contribution in [0.5, 0.6) is 5.75 Å². The smallest absolute Gasteiger partial charge is 0.187 e. The van der Waals surface area contributed by atoms with E-state index in [1.165, 1.54) is 12.1 Å². The van der Waals surface area contributed by atoms with Crippen molar-refractivity contribution >= 4 is 23.2 Å². The van der Waals surface area contributed by atoms with Crippen LogP contribution in [-0.2, 0) is 10.1 Å². The summed E-state index contributed by atoms with van der Waals surface area (Å²) in [6.07, 6.45) is 0. The minimum Gasteiger partial charge on any atom is -0.305 e. The highest BCUT2D eigenvalue weighted by Crippen LogP contribution is 2.27. The quantitative estimate of drug-likeness (QED) is 0.616. The van der Waals surface area contributed by atoms with E-state index in [-0.39, 0.29) is 10.8 Å². The molecule has 0 aliphatic carbocycles. The van der Waals surface area contributed by atoms with Crippen LogP contribution in [0.4, 0.5) is 0 Å². The number of hydrogen-bond acceptors (Lipinski definition) is 4. The van der Waals surface area contributed by atoms with Crippen LogP contribution in [0.2, 0.25) is 10.0 Å². The van der Waals surface area contributed by atoms with Gasteiger partial charge >= 0.3 is 0 Å². The summed E-state index contributed by atoms with van der Waals surface area (Å²) in [6, 6.07) is 4.46. The maximum absolute atomic E-state index is 7.76. The predicted molar refractivity (Wildman–Crippen MR) is 41.9 cm³/mol. The van der Waals surface area contributed by atoms with Crippen molar-refractivity contribution < 1.29 is 20.2 Å². The third-order valence-corrected chi connectivity index (χ3v) is 1.58. The molecule has 12 heavy (non-hydrogen) atoms. The largest absolute Gasteiger partial charge is 0.305 e. The molecule has 0 unspecified atom stereocenters. The Morgan fingerprint density at radius 2 is 2.00 bits per heavy atom. The first-order valence-corrected chi connectivity index (χ1v) is 3.59. The van der Waals surface area contributed by atoms with Gasteiger partial charge in [0.15, 0.2) is 5.75 Å². The molecule has 66 valence electrons. The van der Waals surface area contributed by atoms with E-state index in [1.54, 1.807) is 6.07 Å². The lowest BCUT2D eigenvalue weighted by Crippen LogP contribution is -1.95. The molecule has 1 rings (SSSR count). The molecule has 1 N–H and O–H groups in total. The second-order valence-corrected chi connectivity index (χ2v) is 2.64. The molecule has 0 aliphatic rings. The average Bonchev–Trinajstić information content (AvgIpc) is 2.03. The van der Waals surface area contributed by atoms with Crippen LogP contribution in [0, 0.1) is 0 Å². The summed E-state index contributed by atoms with van der Waals surface area (Å²) in [6.45, 7) is 0. The second kappa shape index (κ2) is 4.49. The van der Waals surface area contributed by atoms with Crippen molar-refractivity contribution in [1.29, 1.82) is 0 Å². The summed E-state index contributed by atoms with van der Waals surface area (Å²) in [5.74, 6) is 0.190. The minimum atomic E-state index is 0.190. The summed E-state index contributed by atoms with van der Waals surface area (Å²) >= 11 is 11.2. The van der Waals surface area contributed by atoms with E-state index in [2.05, 4.69) is 15.0 Å². The lowest BCUT2D eigenvalue weighted by molar-refractivity contribution is -0.594. The first-order chi connectivity index (χ1) is 5.74. The molecule has 0 fully saturated rings. The Morgan fingerprint density at radius 3 is 2.58 bits per heavy atom. The van der Waals surface area contributed by atoms with E-state index >= 15 is 0 Å². The Kier molecular flexibility index (Phi) is 3.58. The highest BCUT2D eigenvalue weighted by Gasteiger charge is 2.02. The van der Waals surface area contributed by atoms with E-state index in [0.717, 1.165) is 0 Å². The molecule has 0 spiro atoms. The Labute approximate surface area is 78.0 Å². The standard InChI is InChI=1S/C6H4Cl2O4/c7-4-1-2-6(5(8)3-4)10-12-11-9/h1-3,9H. The van der Waals surface area contributed by atoms with Gasteiger partial charge in [-0.05, 0) is 23.2 Å². The second-order valence-electron chi connectivity index (χ2n) is 1.80. The molecule has 1 aromatic carbocycles. The van der Waals surface area contributed by atoms with Gasteiger partial charge in [-0.15, -0.1) is 0 Å². The van der Waals surface area contributed by atoms with Crippen molar-refractivity contribution in [3.05, 3.63) is 28.2 Å². The first-order valence-electron chi connectivity index (χ1n) is 2.84. The predicted octanol–water partition coefficient (Wildman–Crippen LogP) is 2.71. The number of halogens is 2. The molecule has 0 aliphatic heterocycles. The SMILES string of the molecule is OOOOc1ccc(Cl)cc1Cl. The molecule has 1 aromatic rings. The van der Waals surface area contributed by atoms with Gasteiger partial charge in [0.2, 0.25) is 0 Å². The van der Waals surface area contributed by atoms with Gasteiger partial charge < -0.3 is 4.89 Å². The summed E-state index contributed by atoms with van der Waals surface area (Å²) < 4.78 is 0. The van der Waals surface area contributed by atoms with E-state index in [1.807, 2.05) is 0 Å². The van der Waals surface area contributed by atoms with Gasteiger partial charge in [0, 0.05) is 10.1 Å². The van der Waals surface area contributed by atoms with Gasteiger partial charge in [-0.1, -0.05) is 23.2 Å². The molecule has 6 heteroatoms. The van der Waals surface area contributed by atoms with Gasteiger partial charge in [-0.3, -0.25) is 0 Å². The van der Waals surface area contributed by atoms with Gasteiger partial charge in [0.25, 0.3) is 0 Å². The summed E-state index contributed by atoms with van der Waals surface area (Å²) in [4.78, 5) is 4.38. The fourth-order valence-corrected chi connectivity index (χ4v) is 1.03. The van der Waals surface area contributed by atoms with Crippen molar-refractivity contribution in [2.45, 2.75) is 0 Å². The molecule has 0 saturated heterocycles. The Morgan fingerprint density at radius 1 is 1.25 bits per heavy atom. The fraction of sp³-hybridized carbons (Fsp3) is 0. The molecular weight excluding hydrogens is 207 g/mol. The normalized spacial score (nSPS) is 9.92. The fourth-order valence-electron chi connectivity index (χ4n) is 0.595. The van der Waals surface area contributed by atoms with Crippen LogP contribution in [0.1, 0.15) is 0 Å². The Hall–Kier alpha value is -0.520. The monoisotopic (exact) mass is 210 g/mol. The molecule has 0 atom stereocenters. The van der Waals surface area contributed by atoms with Gasteiger partial charge in [-0.2, -0.15) is 0 Å². The lowest BCUT2D eigenvalue weighted by Gasteiger charge is -2.01. The number of benzene rings is 1. The molecule has 0 amide bonds. The molecular formula is C6H4Cl2O4. The van der Waals surface area contributed by atoms with Crippen molar-refractivity contribution in [2.24, 2.45) is 0 Å². The number of rotatable bonds is 3. The van der Waals surface area contributed by atoms with Crippen LogP contribution < -0.4 is 4.89 Å². The number of hydrogen-bond donors (Lipinski definition) is 1. The highest BCUT2D eigenvalue weighted by atomic mass is 35.5. The lowest BCUT2D eigenvalue weighted by atomic mass is 10.3. The van der Waals surface area contributed by atoms with Crippen LogP contribution in [0.3, 0.4) is 0 Å². The molecule has 0 saturated carbocycles. The third-order valence-electron chi connectivity index (χ3n) is 1.05. The molecule has 0 bridgehead atoms. The van der Waals surface area contributed by atoms with Crippen molar-refractivity contribution in [1.82, 2.24) is 0 Å². The summed E-state index contributed by atoms with van der Waals surface area (Å²) in [5.41, 5.74) is 0. The molecule has 0 radical (unpaired) electrons. The zero-order valence-corrected chi connectivity index (χ0v) is 7.17. The maximum Gasteiger partial charge on any atom is 0.187 e. The van der Waals surface area contributed by atoms with E-state index in [0.29, 0.717) is 5.02 Å². The van der Waals surface area contributed by atoms with Crippen LogP contribution in [-0.4, -0.2) is 5.26 Å². The molecule has 0 heterocycles. The Balaban J connectivity index is 2.72. The summed E-state index contributed by atoms with van der Waals surface area (Å²) in [7, 11) is 0. The van der Waals surface area contributed by atoms with E-state index < -0.39 is 0 Å². The van der Waals surface area contributed by atoms with Gasteiger partial charge in [-0.25, -0.2) is 5.26 Å².